The normalized spacial score (nSPS) is 14.5. The summed E-state index contributed by atoms with van der Waals surface area (Å²) in [5.74, 6) is 1.00. The van der Waals surface area contributed by atoms with E-state index in [0.29, 0.717) is 19.0 Å². The first-order valence-corrected chi connectivity index (χ1v) is 11.0. The number of pyridine rings is 1. The minimum atomic E-state index is -0.195. The number of hydrogen-bond donors (Lipinski definition) is 2. The number of hydrogen-bond acceptors (Lipinski definition) is 4. The molecule has 0 saturated heterocycles. The third-order valence-electron chi connectivity index (χ3n) is 5.17. The van der Waals surface area contributed by atoms with Crippen molar-refractivity contribution in [3.63, 3.8) is 0 Å². The molecule has 7 heteroatoms. The fourth-order valence-corrected chi connectivity index (χ4v) is 4.32. The maximum Gasteiger partial charge on any atom is 0.319 e. The molecule has 1 aliphatic rings. The van der Waals surface area contributed by atoms with Crippen LogP contribution in [0.3, 0.4) is 0 Å². The number of amides is 2. The second-order valence-electron chi connectivity index (χ2n) is 7.05. The van der Waals surface area contributed by atoms with E-state index in [0.717, 1.165) is 27.6 Å². The summed E-state index contributed by atoms with van der Waals surface area (Å²) in [5, 5.41) is 5.84. The molecule has 146 valence electrons. The van der Waals surface area contributed by atoms with Crippen LogP contribution in [-0.2, 0) is 6.42 Å². The second kappa shape index (κ2) is 8.65. The van der Waals surface area contributed by atoms with E-state index in [2.05, 4.69) is 20.2 Å². The molecule has 3 aromatic rings. The van der Waals surface area contributed by atoms with Gasteiger partial charge in [-0.15, -0.1) is 11.8 Å². The first-order valence-electron chi connectivity index (χ1n) is 9.75. The molecule has 2 N–H and O–H groups in total. The van der Waals surface area contributed by atoms with E-state index in [9.17, 15) is 4.79 Å². The lowest BCUT2D eigenvalue weighted by atomic mass is 10.2. The van der Waals surface area contributed by atoms with Crippen molar-refractivity contribution < 1.29 is 4.79 Å². The zero-order chi connectivity index (χ0) is 19.3. The standard InChI is InChI=1S/C21H25N5OS/c1-28-17-9-4-6-15(14-17)24-21(27)23-13-11-19-25-18-10-5-12-22-20(18)26(19)16-7-2-3-8-16/h4-6,9-10,12,14,16H,2-3,7-8,11,13H2,1H3,(H2,23,24,27). The van der Waals surface area contributed by atoms with Gasteiger partial charge >= 0.3 is 6.03 Å². The van der Waals surface area contributed by atoms with Gasteiger partial charge in [-0.1, -0.05) is 18.9 Å². The molecule has 1 aliphatic carbocycles. The highest BCUT2D eigenvalue weighted by Crippen LogP contribution is 2.33. The van der Waals surface area contributed by atoms with Crippen molar-refractivity contribution in [2.75, 3.05) is 18.1 Å². The van der Waals surface area contributed by atoms with Crippen LogP contribution < -0.4 is 10.6 Å². The lowest BCUT2D eigenvalue weighted by Gasteiger charge is -2.16. The van der Waals surface area contributed by atoms with Crippen molar-refractivity contribution in [2.24, 2.45) is 0 Å². The smallest absolute Gasteiger partial charge is 0.319 e. The van der Waals surface area contributed by atoms with E-state index in [1.54, 1.807) is 11.8 Å². The molecule has 0 atom stereocenters. The number of nitrogens with one attached hydrogen (secondary N) is 2. The Kier molecular flexibility index (Phi) is 5.81. The predicted octanol–water partition coefficient (Wildman–Crippen LogP) is 4.63. The van der Waals surface area contributed by atoms with E-state index >= 15 is 0 Å². The highest BCUT2D eigenvalue weighted by Gasteiger charge is 2.23. The minimum absolute atomic E-state index is 0.195. The molecule has 2 heterocycles. The molecule has 1 aromatic carbocycles. The van der Waals surface area contributed by atoms with Crippen LogP contribution in [-0.4, -0.2) is 33.4 Å². The molecule has 4 rings (SSSR count). The summed E-state index contributed by atoms with van der Waals surface area (Å²) in [6.45, 7) is 0.532. The zero-order valence-electron chi connectivity index (χ0n) is 16.0. The van der Waals surface area contributed by atoms with Crippen LogP contribution in [0.5, 0.6) is 0 Å². The van der Waals surface area contributed by atoms with Gasteiger partial charge in [0.05, 0.1) is 0 Å². The van der Waals surface area contributed by atoms with Gasteiger partial charge in [-0.3, -0.25) is 0 Å². The maximum atomic E-state index is 12.2. The fourth-order valence-electron chi connectivity index (χ4n) is 3.86. The summed E-state index contributed by atoms with van der Waals surface area (Å²) in [4.78, 5) is 22.7. The van der Waals surface area contributed by atoms with Gasteiger partial charge in [0.25, 0.3) is 0 Å². The average Bonchev–Trinajstić information content (AvgIpc) is 3.35. The zero-order valence-corrected chi connectivity index (χ0v) is 16.8. The molecule has 0 aliphatic heterocycles. The van der Waals surface area contributed by atoms with E-state index < -0.39 is 0 Å². The number of carbonyl (C=O) groups is 1. The lowest BCUT2D eigenvalue weighted by Crippen LogP contribution is -2.31. The third-order valence-corrected chi connectivity index (χ3v) is 5.90. The van der Waals surface area contributed by atoms with Crippen molar-refractivity contribution >= 4 is 34.6 Å². The molecule has 0 radical (unpaired) electrons. The van der Waals surface area contributed by atoms with Crippen LogP contribution >= 0.6 is 11.8 Å². The summed E-state index contributed by atoms with van der Waals surface area (Å²) < 4.78 is 2.30. The second-order valence-corrected chi connectivity index (χ2v) is 7.92. The molecule has 2 aromatic heterocycles. The highest BCUT2D eigenvalue weighted by atomic mass is 32.2. The van der Waals surface area contributed by atoms with Crippen LogP contribution in [0.4, 0.5) is 10.5 Å². The van der Waals surface area contributed by atoms with E-state index in [1.807, 2.05) is 48.9 Å². The minimum Gasteiger partial charge on any atom is -0.337 e. The van der Waals surface area contributed by atoms with Gasteiger partial charge < -0.3 is 15.2 Å². The molecule has 2 amide bonds. The number of fused-ring (bicyclic) bond motifs is 1. The quantitative estimate of drug-likeness (QED) is 0.597. The first kappa shape index (κ1) is 18.8. The van der Waals surface area contributed by atoms with Gasteiger partial charge in [-0.25, -0.2) is 14.8 Å². The number of urea groups is 1. The third kappa shape index (κ3) is 4.14. The Morgan fingerprint density at radius 1 is 1.25 bits per heavy atom. The Labute approximate surface area is 169 Å². The maximum absolute atomic E-state index is 12.2. The average molecular weight is 396 g/mol. The fraction of sp³-hybridized carbons (Fsp3) is 0.381. The molecular weight excluding hydrogens is 370 g/mol. The highest BCUT2D eigenvalue weighted by molar-refractivity contribution is 7.98. The number of imidazole rings is 1. The summed E-state index contributed by atoms with van der Waals surface area (Å²) in [6.07, 6.45) is 9.39. The van der Waals surface area contributed by atoms with E-state index in [1.165, 1.54) is 25.7 Å². The number of rotatable bonds is 6. The van der Waals surface area contributed by atoms with Crippen LogP contribution in [0, 0.1) is 0 Å². The summed E-state index contributed by atoms with van der Waals surface area (Å²) in [6, 6.07) is 12.0. The Bertz CT molecular complexity index is 964. The van der Waals surface area contributed by atoms with E-state index in [-0.39, 0.29) is 6.03 Å². The summed E-state index contributed by atoms with van der Waals surface area (Å²) in [5.41, 5.74) is 2.69. The Hall–Kier alpha value is -2.54. The number of thioether (sulfide) groups is 1. The van der Waals surface area contributed by atoms with Crippen molar-refractivity contribution in [1.82, 2.24) is 19.9 Å². The van der Waals surface area contributed by atoms with Gasteiger partial charge in [-0.05, 0) is 49.4 Å². The SMILES string of the molecule is CSc1cccc(NC(=O)NCCc2nc3cccnc3n2C2CCCC2)c1. The Balaban J connectivity index is 1.41. The largest absolute Gasteiger partial charge is 0.337 e. The van der Waals surface area contributed by atoms with Crippen molar-refractivity contribution in [3.05, 3.63) is 48.4 Å². The number of benzene rings is 1. The summed E-state index contributed by atoms with van der Waals surface area (Å²) >= 11 is 1.65. The monoisotopic (exact) mass is 395 g/mol. The van der Waals surface area contributed by atoms with Gasteiger partial charge in [0, 0.05) is 35.8 Å². The molecule has 1 saturated carbocycles. The van der Waals surface area contributed by atoms with E-state index in [4.69, 9.17) is 4.98 Å². The molecule has 6 nitrogen and oxygen atoms in total. The first-order chi connectivity index (χ1) is 13.7. The van der Waals surface area contributed by atoms with Crippen LogP contribution in [0.25, 0.3) is 11.2 Å². The van der Waals surface area contributed by atoms with Gasteiger partial charge in [0.2, 0.25) is 0 Å². The Morgan fingerprint density at radius 3 is 2.93 bits per heavy atom. The molecule has 0 spiro atoms. The molecule has 0 bridgehead atoms. The molecular formula is C21H25N5OS. The van der Waals surface area contributed by atoms with Crippen LogP contribution in [0.1, 0.15) is 37.5 Å². The molecule has 1 fully saturated rings. The predicted molar refractivity (Wildman–Crippen MR) is 114 cm³/mol. The van der Waals surface area contributed by atoms with Crippen molar-refractivity contribution in [3.8, 4) is 0 Å². The van der Waals surface area contributed by atoms with Gasteiger partial charge in [0.1, 0.15) is 11.3 Å². The van der Waals surface area contributed by atoms with Crippen LogP contribution in [0.15, 0.2) is 47.5 Å². The Morgan fingerprint density at radius 2 is 2.11 bits per heavy atom. The lowest BCUT2D eigenvalue weighted by molar-refractivity contribution is 0.252. The number of anilines is 1. The van der Waals surface area contributed by atoms with Gasteiger partial charge in [-0.2, -0.15) is 0 Å². The van der Waals surface area contributed by atoms with Gasteiger partial charge in [0.15, 0.2) is 5.65 Å². The number of nitrogens with zero attached hydrogens (tertiary/aromatic N) is 3. The topological polar surface area (TPSA) is 71.8 Å². The molecule has 0 unspecified atom stereocenters. The van der Waals surface area contributed by atoms with Crippen molar-refractivity contribution in [1.29, 1.82) is 0 Å². The number of aromatic nitrogens is 3. The number of carbonyl (C=O) groups excluding carboxylic acids is 1. The molecule has 28 heavy (non-hydrogen) atoms. The van der Waals surface area contributed by atoms with Crippen LogP contribution in [0.2, 0.25) is 0 Å². The summed E-state index contributed by atoms with van der Waals surface area (Å²) in [7, 11) is 0. The van der Waals surface area contributed by atoms with Crippen molar-refractivity contribution in [2.45, 2.75) is 43.0 Å².